The molecule has 2 N–H and O–H groups in total. The molecule has 6 heteroatoms. The maximum Gasteiger partial charge on any atom is 0.168 e. The van der Waals surface area contributed by atoms with Crippen LogP contribution >= 0.6 is 0 Å². The average Bonchev–Trinajstić information content (AvgIpc) is 2.20. The quantitative estimate of drug-likeness (QED) is 0.836. The first-order valence-corrected chi connectivity index (χ1v) is 4.89. The summed E-state index contributed by atoms with van der Waals surface area (Å²) >= 11 is 0. The zero-order valence-corrected chi connectivity index (χ0v) is 9.67. The summed E-state index contributed by atoms with van der Waals surface area (Å²) in [6, 6.07) is 0.754. The molecule has 0 bridgehead atoms. The number of nitrogens with two attached hydrogens (primary N) is 1. The zero-order chi connectivity index (χ0) is 12.3. The molecule has 90 valence electrons. The molecule has 4 nitrogen and oxygen atoms in total. The van der Waals surface area contributed by atoms with Crippen LogP contribution in [0, 0.1) is 11.6 Å². The van der Waals surface area contributed by atoms with Gasteiger partial charge in [0.2, 0.25) is 0 Å². The first-order chi connectivity index (χ1) is 7.41. The second-order valence-corrected chi connectivity index (χ2v) is 3.89. The van der Waals surface area contributed by atoms with E-state index in [4.69, 9.17) is 5.73 Å². The van der Waals surface area contributed by atoms with Gasteiger partial charge in [0.25, 0.3) is 0 Å². The molecule has 0 fully saturated rings. The summed E-state index contributed by atoms with van der Waals surface area (Å²) in [6.45, 7) is 1.33. The van der Waals surface area contributed by atoms with Crippen molar-refractivity contribution in [3.63, 3.8) is 0 Å². The Morgan fingerprint density at radius 3 is 2.38 bits per heavy atom. The topological polar surface area (TPSA) is 45.4 Å². The molecule has 1 aromatic heterocycles. The number of hydrogen-bond acceptors (Lipinski definition) is 4. The lowest BCUT2D eigenvalue weighted by atomic mass is 10.3. The first-order valence-electron chi connectivity index (χ1n) is 4.89. The number of anilines is 2. The van der Waals surface area contributed by atoms with Gasteiger partial charge in [-0.05, 0) is 14.1 Å². The number of halogens is 2. The van der Waals surface area contributed by atoms with Gasteiger partial charge in [-0.2, -0.15) is 0 Å². The second kappa shape index (κ2) is 5.07. The van der Waals surface area contributed by atoms with Crippen molar-refractivity contribution >= 4 is 11.6 Å². The van der Waals surface area contributed by atoms with E-state index >= 15 is 0 Å². The summed E-state index contributed by atoms with van der Waals surface area (Å²) in [6.07, 6.45) is 0. The maximum absolute atomic E-state index is 13.4. The van der Waals surface area contributed by atoms with Crippen LogP contribution in [0.25, 0.3) is 0 Å². The predicted octanol–water partition coefficient (Wildman–Crippen LogP) is 0.940. The van der Waals surface area contributed by atoms with Crippen LogP contribution in [0.1, 0.15) is 0 Å². The highest BCUT2D eigenvalue weighted by Gasteiger charge is 2.13. The van der Waals surface area contributed by atoms with Crippen LogP contribution in [-0.4, -0.2) is 44.1 Å². The largest absolute Gasteiger partial charge is 0.381 e. The molecule has 0 aliphatic heterocycles. The van der Waals surface area contributed by atoms with Gasteiger partial charge in [0.1, 0.15) is 0 Å². The highest BCUT2D eigenvalue weighted by atomic mass is 19.1. The molecule has 0 aromatic carbocycles. The molecule has 1 rings (SSSR count). The highest BCUT2D eigenvalue weighted by molar-refractivity contribution is 5.46. The lowest BCUT2D eigenvalue weighted by Gasteiger charge is -2.21. The third-order valence-corrected chi connectivity index (χ3v) is 2.18. The van der Waals surface area contributed by atoms with Crippen molar-refractivity contribution in [1.29, 1.82) is 0 Å². The number of likely N-dealkylation sites (N-methyl/N-ethyl adjacent to an activating group) is 2. The van der Waals surface area contributed by atoms with E-state index in [0.717, 1.165) is 12.6 Å². The molecule has 0 radical (unpaired) electrons. The Hall–Kier alpha value is -1.43. The number of rotatable bonds is 4. The third kappa shape index (κ3) is 3.03. The molecule has 16 heavy (non-hydrogen) atoms. The van der Waals surface area contributed by atoms with Crippen molar-refractivity contribution in [2.45, 2.75) is 0 Å². The number of pyridine rings is 1. The summed E-state index contributed by atoms with van der Waals surface area (Å²) in [7, 11) is 5.51. The third-order valence-electron chi connectivity index (χ3n) is 2.18. The Labute approximate surface area is 93.7 Å². The molecule has 0 saturated carbocycles. The van der Waals surface area contributed by atoms with Crippen molar-refractivity contribution in [3.8, 4) is 0 Å². The first kappa shape index (κ1) is 12.6. The van der Waals surface area contributed by atoms with E-state index in [1.807, 2.05) is 19.0 Å². The van der Waals surface area contributed by atoms with E-state index in [9.17, 15) is 8.78 Å². The van der Waals surface area contributed by atoms with Gasteiger partial charge >= 0.3 is 0 Å². The smallest absolute Gasteiger partial charge is 0.168 e. The maximum atomic E-state index is 13.4. The molecule has 0 aliphatic carbocycles. The van der Waals surface area contributed by atoms with E-state index in [1.54, 1.807) is 11.9 Å². The van der Waals surface area contributed by atoms with Crippen LogP contribution in [0.2, 0.25) is 0 Å². The van der Waals surface area contributed by atoms with Crippen molar-refractivity contribution in [3.05, 3.63) is 17.7 Å². The standard InChI is InChI=1S/C10H16F2N4/c1-15(2)4-5-16(3)10-8(12)6-7(11)9(13)14-10/h6H,4-5H2,1-3H3,(H2,13,14). The van der Waals surface area contributed by atoms with E-state index in [0.29, 0.717) is 6.54 Å². The van der Waals surface area contributed by atoms with Crippen LogP contribution in [0.5, 0.6) is 0 Å². The van der Waals surface area contributed by atoms with Gasteiger partial charge in [0, 0.05) is 26.2 Å². The minimum absolute atomic E-state index is 0.0701. The van der Waals surface area contributed by atoms with Gasteiger partial charge in [-0.3, -0.25) is 0 Å². The van der Waals surface area contributed by atoms with Crippen molar-refractivity contribution < 1.29 is 8.78 Å². The average molecular weight is 230 g/mol. The highest BCUT2D eigenvalue weighted by Crippen LogP contribution is 2.19. The predicted molar refractivity (Wildman–Crippen MR) is 60.4 cm³/mol. The molecule has 1 heterocycles. The summed E-state index contributed by atoms with van der Waals surface area (Å²) in [5.74, 6) is -1.75. The van der Waals surface area contributed by atoms with E-state index in [-0.39, 0.29) is 11.6 Å². The molecular weight excluding hydrogens is 214 g/mol. The molecule has 1 aromatic rings. The van der Waals surface area contributed by atoms with Gasteiger partial charge in [0.15, 0.2) is 23.3 Å². The lowest BCUT2D eigenvalue weighted by molar-refractivity contribution is 0.415. The fourth-order valence-corrected chi connectivity index (χ4v) is 1.19. The molecule has 0 saturated heterocycles. The van der Waals surface area contributed by atoms with Crippen LogP contribution in [-0.2, 0) is 0 Å². The van der Waals surface area contributed by atoms with Crippen molar-refractivity contribution in [1.82, 2.24) is 9.88 Å². The molecule has 0 unspecified atom stereocenters. The van der Waals surface area contributed by atoms with Crippen molar-refractivity contribution in [2.75, 3.05) is 44.9 Å². The second-order valence-electron chi connectivity index (χ2n) is 3.89. The van der Waals surface area contributed by atoms with Gasteiger partial charge in [-0.15, -0.1) is 0 Å². The number of nitrogen functional groups attached to an aromatic ring is 1. The van der Waals surface area contributed by atoms with E-state index in [1.165, 1.54) is 0 Å². The summed E-state index contributed by atoms with van der Waals surface area (Å²) < 4.78 is 26.3. The van der Waals surface area contributed by atoms with E-state index in [2.05, 4.69) is 4.98 Å². The molecular formula is C10H16F2N4. The SMILES string of the molecule is CN(C)CCN(C)c1nc(N)c(F)cc1F. The Morgan fingerprint density at radius 1 is 1.19 bits per heavy atom. The van der Waals surface area contributed by atoms with Crippen LogP contribution in [0.4, 0.5) is 20.4 Å². The Morgan fingerprint density at radius 2 is 1.81 bits per heavy atom. The number of nitrogens with zero attached hydrogens (tertiary/aromatic N) is 3. The van der Waals surface area contributed by atoms with Crippen LogP contribution in [0.3, 0.4) is 0 Å². The van der Waals surface area contributed by atoms with E-state index < -0.39 is 11.6 Å². The molecule has 0 spiro atoms. The van der Waals surface area contributed by atoms with Gasteiger partial charge in [-0.25, -0.2) is 13.8 Å². The van der Waals surface area contributed by atoms with Gasteiger partial charge in [-0.1, -0.05) is 0 Å². The molecule has 0 atom stereocenters. The fourth-order valence-electron chi connectivity index (χ4n) is 1.19. The van der Waals surface area contributed by atoms with Gasteiger partial charge in [0.05, 0.1) is 0 Å². The van der Waals surface area contributed by atoms with Crippen LogP contribution in [0.15, 0.2) is 6.07 Å². The normalized spacial score (nSPS) is 10.9. The minimum atomic E-state index is -0.831. The Bertz CT molecular complexity index is 368. The Kier molecular flexibility index (Phi) is 4.00. The summed E-state index contributed by atoms with van der Waals surface area (Å²) in [5, 5.41) is 0. The zero-order valence-electron chi connectivity index (χ0n) is 9.67. The molecule has 0 amide bonds. The molecule has 0 aliphatic rings. The lowest BCUT2D eigenvalue weighted by Crippen LogP contribution is -2.29. The fraction of sp³-hybridized carbons (Fsp3) is 0.500. The number of aromatic nitrogens is 1. The van der Waals surface area contributed by atoms with Crippen molar-refractivity contribution in [2.24, 2.45) is 0 Å². The number of hydrogen-bond donors (Lipinski definition) is 1. The summed E-state index contributed by atoms with van der Waals surface area (Å²) in [5.41, 5.74) is 5.29. The minimum Gasteiger partial charge on any atom is -0.381 e. The van der Waals surface area contributed by atoms with Crippen LogP contribution < -0.4 is 10.6 Å². The summed E-state index contributed by atoms with van der Waals surface area (Å²) in [4.78, 5) is 7.25. The van der Waals surface area contributed by atoms with Gasteiger partial charge < -0.3 is 15.5 Å². The monoisotopic (exact) mass is 230 g/mol. The Balaban J connectivity index is 2.82.